The van der Waals surface area contributed by atoms with E-state index in [0.29, 0.717) is 17.0 Å². The van der Waals surface area contributed by atoms with Gasteiger partial charge >= 0.3 is 0 Å². The largest absolute Gasteiger partial charge is 0.457 e. The average molecular weight is 399 g/mol. The molecule has 6 heteroatoms. The molecule has 2 N–H and O–H groups in total. The number of ether oxygens (including phenoxy) is 1. The number of nitrogens with one attached hydrogen (secondary N) is 2. The zero-order chi connectivity index (χ0) is 20.1. The molecule has 0 atom stereocenters. The first-order valence-corrected chi connectivity index (χ1v) is 9.38. The van der Waals surface area contributed by atoms with E-state index in [2.05, 4.69) is 15.6 Å². The van der Waals surface area contributed by atoms with Gasteiger partial charge in [0.15, 0.2) is 5.11 Å². The highest BCUT2D eigenvalue weighted by atomic mass is 32.1. The number of fused-ring (bicyclic) bond motifs is 1. The lowest BCUT2D eigenvalue weighted by Crippen LogP contribution is -2.34. The Morgan fingerprint density at radius 2 is 1.62 bits per heavy atom. The van der Waals surface area contributed by atoms with E-state index in [1.165, 1.54) is 6.20 Å². The van der Waals surface area contributed by atoms with Crippen LogP contribution < -0.4 is 15.4 Å². The molecule has 5 nitrogen and oxygen atoms in total. The normalized spacial score (nSPS) is 10.3. The standard InChI is InChI=1S/C23H17N3O2S/c27-22(17-13-16-7-4-5-12-21(16)24-15-17)26-23(29)25-18-8-6-11-20(14-18)28-19-9-2-1-3-10-19/h1-15H,(H2,25,26,27,29). The number of carbonyl (C=O) groups is 1. The van der Waals surface area contributed by atoms with Crippen LogP contribution in [-0.2, 0) is 0 Å². The predicted octanol–water partition coefficient (Wildman–Crippen LogP) is 5.15. The van der Waals surface area contributed by atoms with Crippen molar-refractivity contribution in [1.29, 1.82) is 0 Å². The molecule has 0 aliphatic heterocycles. The molecule has 0 saturated carbocycles. The van der Waals surface area contributed by atoms with Crippen molar-refractivity contribution in [3.8, 4) is 11.5 Å². The van der Waals surface area contributed by atoms with Crippen LogP contribution in [0.5, 0.6) is 11.5 Å². The number of pyridine rings is 1. The lowest BCUT2D eigenvalue weighted by molar-refractivity contribution is 0.0977. The number of amides is 1. The number of aromatic nitrogens is 1. The van der Waals surface area contributed by atoms with Crippen LogP contribution in [0.1, 0.15) is 10.4 Å². The maximum absolute atomic E-state index is 12.5. The molecule has 4 rings (SSSR count). The summed E-state index contributed by atoms with van der Waals surface area (Å²) < 4.78 is 5.81. The Kier molecular flexibility index (Phi) is 5.45. The molecule has 3 aromatic carbocycles. The van der Waals surface area contributed by atoms with Gasteiger partial charge in [0.1, 0.15) is 11.5 Å². The third kappa shape index (κ3) is 4.75. The third-order valence-corrected chi connectivity index (χ3v) is 4.35. The first kappa shape index (κ1) is 18.6. The van der Waals surface area contributed by atoms with Crippen LogP contribution in [0, 0.1) is 0 Å². The van der Waals surface area contributed by atoms with Gasteiger partial charge < -0.3 is 10.1 Å². The number of nitrogens with zero attached hydrogens (tertiary/aromatic N) is 1. The SMILES string of the molecule is O=C(NC(=S)Nc1cccc(Oc2ccccc2)c1)c1cnc2ccccc2c1. The molecule has 1 heterocycles. The van der Waals surface area contributed by atoms with Crippen LogP contribution in [0.25, 0.3) is 10.9 Å². The van der Waals surface area contributed by atoms with Gasteiger partial charge in [-0.3, -0.25) is 15.1 Å². The lowest BCUT2D eigenvalue weighted by atomic mass is 10.1. The van der Waals surface area contributed by atoms with Gasteiger partial charge in [0.2, 0.25) is 0 Å². The van der Waals surface area contributed by atoms with E-state index >= 15 is 0 Å². The zero-order valence-corrected chi connectivity index (χ0v) is 16.1. The Labute approximate surface area is 173 Å². The van der Waals surface area contributed by atoms with Crippen molar-refractivity contribution in [2.24, 2.45) is 0 Å². The second-order valence-electron chi connectivity index (χ2n) is 6.27. The lowest BCUT2D eigenvalue weighted by Gasteiger charge is -2.11. The topological polar surface area (TPSA) is 63.2 Å². The van der Waals surface area contributed by atoms with Crippen LogP contribution in [0.4, 0.5) is 5.69 Å². The van der Waals surface area contributed by atoms with E-state index < -0.39 is 0 Å². The van der Waals surface area contributed by atoms with Crippen LogP contribution in [-0.4, -0.2) is 16.0 Å². The van der Waals surface area contributed by atoms with Gasteiger partial charge in [-0.25, -0.2) is 0 Å². The summed E-state index contributed by atoms with van der Waals surface area (Å²) in [5.74, 6) is 1.08. The maximum Gasteiger partial charge on any atom is 0.258 e. The molecule has 0 saturated heterocycles. The summed E-state index contributed by atoms with van der Waals surface area (Å²) in [4.78, 5) is 16.8. The number of thiocarbonyl (C=S) groups is 1. The second kappa shape index (κ2) is 8.50. The minimum absolute atomic E-state index is 0.194. The molecule has 4 aromatic rings. The van der Waals surface area contributed by atoms with E-state index in [-0.39, 0.29) is 11.0 Å². The van der Waals surface area contributed by atoms with Crippen molar-refractivity contribution >= 4 is 39.8 Å². The van der Waals surface area contributed by atoms with Gasteiger partial charge in [0.05, 0.1) is 11.1 Å². The van der Waals surface area contributed by atoms with E-state index in [1.54, 1.807) is 6.07 Å². The number of carbonyl (C=O) groups excluding carboxylic acids is 1. The summed E-state index contributed by atoms with van der Waals surface area (Å²) in [6.07, 6.45) is 1.54. The molecule has 142 valence electrons. The highest BCUT2D eigenvalue weighted by Crippen LogP contribution is 2.23. The minimum Gasteiger partial charge on any atom is -0.457 e. The summed E-state index contributed by atoms with van der Waals surface area (Å²) in [5.41, 5.74) is 1.98. The molecule has 1 aromatic heterocycles. The smallest absolute Gasteiger partial charge is 0.258 e. The number of hydrogen-bond acceptors (Lipinski definition) is 4. The van der Waals surface area contributed by atoms with Gasteiger partial charge in [0.25, 0.3) is 5.91 Å². The fourth-order valence-electron chi connectivity index (χ4n) is 2.79. The van der Waals surface area contributed by atoms with Crippen LogP contribution in [0.3, 0.4) is 0 Å². The number of benzene rings is 3. The Morgan fingerprint density at radius 3 is 2.48 bits per heavy atom. The van der Waals surface area contributed by atoms with E-state index in [0.717, 1.165) is 16.7 Å². The van der Waals surface area contributed by atoms with Crippen molar-refractivity contribution < 1.29 is 9.53 Å². The summed E-state index contributed by atoms with van der Waals surface area (Å²) in [6, 6.07) is 26.2. The van der Waals surface area contributed by atoms with Gasteiger partial charge in [0, 0.05) is 23.3 Å². The Morgan fingerprint density at radius 1 is 0.862 bits per heavy atom. The molecular formula is C23H17N3O2S. The van der Waals surface area contributed by atoms with Gasteiger partial charge in [-0.15, -0.1) is 0 Å². The number of hydrogen-bond donors (Lipinski definition) is 2. The summed E-state index contributed by atoms with van der Waals surface area (Å²) in [7, 11) is 0. The van der Waals surface area contributed by atoms with Gasteiger partial charge in [-0.1, -0.05) is 42.5 Å². The quantitative estimate of drug-likeness (QED) is 0.465. The van der Waals surface area contributed by atoms with E-state index in [1.807, 2.05) is 78.9 Å². The molecule has 0 spiro atoms. The fraction of sp³-hybridized carbons (Fsp3) is 0. The first-order chi connectivity index (χ1) is 14.2. The molecule has 29 heavy (non-hydrogen) atoms. The number of anilines is 1. The first-order valence-electron chi connectivity index (χ1n) is 8.97. The summed E-state index contributed by atoms with van der Waals surface area (Å²) in [5, 5.41) is 6.77. The predicted molar refractivity (Wildman–Crippen MR) is 118 cm³/mol. The summed E-state index contributed by atoms with van der Waals surface area (Å²) >= 11 is 5.28. The van der Waals surface area contributed by atoms with E-state index in [9.17, 15) is 4.79 Å². The molecule has 0 radical (unpaired) electrons. The molecule has 1 amide bonds. The molecular weight excluding hydrogens is 382 g/mol. The maximum atomic E-state index is 12.5. The van der Waals surface area contributed by atoms with Crippen molar-refractivity contribution in [2.45, 2.75) is 0 Å². The molecule has 0 aliphatic carbocycles. The third-order valence-electron chi connectivity index (χ3n) is 4.15. The second-order valence-corrected chi connectivity index (χ2v) is 6.68. The highest BCUT2D eigenvalue weighted by molar-refractivity contribution is 7.80. The Balaban J connectivity index is 1.41. The minimum atomic E-state index is -0.322. The average Bonchev–Trinajstić information content (AvgIpc) is 2.74. The molecule has 0 aliphatic rings. The van der Waals surface area contributed by atoms with Crippen molar-refractivity contribution in [2.75, 3.05) is 5.32 Å². The zero-order valence-electron chi connectivity index (χ0n) is 15.3. The molecule has 0 fully saturated rings. The molecule has 0 unspecified atom stereocenters. The number of para-hydroxylation sites is 2. The van der Waals surface area contributed by atoms with Crippen molar-refractivity contribution in [3.63, 3.8) is 0 Å². The fourth-order valence-corrected chi connectivity index (χ4v) is 3.01. The Hall–Kier alpha value is -3.77. The van der Waals surface area contributed by atoms with E-state index in [4.69, 9.17) is 17.0 Å². The van der Waals surface area contributed by atoms with Crippen LogP contribution in [0.2, 0.25) is 0 Å². The van der Waals surface area contributed by atoms with Gasteiger partial charge in [-0.05, 0) is 48.6 Å². The van der Waals surface area contributed by atoms with Crippen LogP contribution >= 0.6 is 12.2 Å². The number of rotatable bonds is 4. The molecule has 0 bridgehead atoms. The Bertz CT molecular complexity index is 1180. The summed E-state index contributed by atoms with van der Waals surface area (Å²) in [6.45, 7) is 0. The highest BCUT2D eigenvalue weighted by Gasteiger charge is 2.10. The van der Waals surface area contributed by atoms with Crippen LogP contribution in [0.15, 0.2) is 91.1 Å². The van der Waals surface area contributed by atoms with Crippen molar-refractivity contribution in [1.82, 2.24) is 10.3 Å². The van der Waals surface area contributed by atoms with Crippen molar-refractivity contribution in [3.05, 3.63) is 96.7 Å². The van der Waals surface area contributed by atoms with Gasteiger partial charge in [-0.2, -0.15) is 0 Å². The monoisotopic (exact) mass is 399 g/mol.